The van der Waals surface area contributed by atoms with E-state index in [1.54, 1.807) is 42.5 Å². The summed E-state index contributed by atoms with van der Waals surface area (Å²) in [4.78, 5) is -0.335. The number of para-hydroxylation sites is 2. The van der Waals surface area contributed by atoms with Gasteiger partial charge in [0.1, 0.15) is 16.0 Å². The Bertz CT molecular complexity index is 1380. The molecule has 0 saturated carbocycles. The van der Waals surface area contributed by atoms with Gasteiger partial charge in [0, 0.05) is 0 Å². The summed E-state index contributed by atoms with van der Waals surface area (Å²) in [5.74, 6) is 0.0529. The monoisotopic (exact) mass is 619 g/mol. The Hall–Kier alpha value is -2.29. The molecule has 204 valence electrons. The Morgan fingerprint density at radius 1 is 0.737 bits per heavy atom. The van der Waals surface area contributed by atoms with Crippen LogP contribution in [-0.2, 0) is 28.2 Å². The highest BCUT2D eigenvalue weighted by atomic mass is 35.5. The van der Waals surface area contributed by atoms with Crippen molar-refractivity contribution < 1.29 is 35.6 Å². The van der Waals surface area contributed by atoms with Gasteiger partial charge in [0.05, 0.1) is 18.1 Å². The minimum absolute atomic E-state index is 0.0264. The summed E-state index contributed by atoms with van der Waals surface area (Å²) in [7, 11) is -14.6. The van der Waals surface area contributed by atoms with E-state index in [0.29, 0.717) is 0 Å². The molecule has 0 aliphatic carbocycles. The number of hydrogen-bond donors (Lipinski definition) is 0. The molecule has 0 fully saturated rings. The molecule has 0 heterocycles. The van der Waals surface area contributed by atoms with Gasteiger partial charge in [0.15, 0.2) is 0 Å². The second-order valence-electron chi connectivity index (χ2n) is 7.26. The zero-order valence-corrected chi connectivity index (χ0v) is 24.5. The zero-order valence-electron chi connectivity index (χ0n) is 20.3. The van der Waals surface area contributed by atoms with Crippen molar-refractivity contribution in [3.8, 4) is 11.5 Å². The van der Waals surface area contributed by atoms with Crippen molar-refractivity contribution in [2.75, 3.05) is 13.2 Å². The van der Waals surface area contributed by atoms with E-state index in [0.717, 1.165) is 0 Å². The smallest absolute Gasteiger partial charge is 0.412 e. The van der Waals surface area contributed by atoms with Gasteiger partial charge in [-0.2, -0.15) is 4.08 Å². The van der Waals surface area contributed by atoms with Crippen LogP contribution in [0.15, 0.2) is 106 Å². The van der Waals surface area contributed by atoms with Crippen LogP contribution in [0.2, 0.25) is 0 Å². The molecule has 0 amide bonds. The van der Waals surface area contributed by atoms with Crippen LogP contribution in [0.4, 0.5) is 0 Å². The normalized spacial score (nSPS) is 12.0. The van der Waals surface area contributed by atoms with Crippen LogP contribution in [0.5, 0.6) is 11.5 Å². The first-order chi connectivity index (χ1) is 18.1. The maximum atomic E-state index is 14.7. The fraction of sp³-hybridized carbons (Fsp3) is 0.167. The Kier molecular flexibility index (Phi) is 10.5. The number of rotatable bonds is 13. The number of sulfonamides is 1. The van der Waals surface area contributed by atoms with Crippen molar-refractivity contribution >= 4 is 48.6 Å². The maximum absolute atomic E-state index is 14.7. The predicted molar refractivity (Wildman–Crippen MR) is 147 cm³/mol. The average Bonchev–Trinajstić information content (AvgIpc) is 2.88. The van der Waals surface area contributed by atoms with Crippen LogP contribution in [0.3, 0.4) is 0 Å². The van der Waals surface area contributed by atoms with Gasteiger partial charge in [0.2, 0.25) is 5.44 Å². The summed E-state index contributed by atoms with van der Waals surface area (Å²) in [6.45, 7) is 2.47. The largest absolute Gasteiger partial charge is 0.482 e. The fourth-order valence-electron chi connectivity index (χ4n) is 3.15. The molecule has 0 bridgehead atoms. The third kappa shape index (κ3) is 7.01. The van der Waals surface area contributed by atoms with Gasteiger partial charge >= 0.3 is 15.3 Å². The van der Waals surface area contributed by atoms with Crippen molar-refractivity contribution in [1.29, 1.82) is 0 Å². The van der Waals surface area contributed by atoms with Crippen molar-refractivity contribution in [1.82, 2.24) is 4.08 Å². The predicted octanol–water partition coefficient (Wildman–Crippen LogP) is 7.81. The van der Waals surface area contributed by atoms with Crippen LogP contribution >= 0.6 is 38.5 Å². The van der Waals surface area contributed by atoms with E-state index in [1.165, 1.54) is 62.4 Å². The number of hydrogen-bond acceptors (Lipinski definition) is 8. The van der Waals surface area contributed by atoms with Crippen LogP contribution < -0.4 is 9.05 Å². The molecule has 0 aliphatic rings. The van der Waals surface area contributed by atoms with E-state index in [-0.39, 0.29) is 33.7 Å². The quantitative estimate of drug-likeness (QED) is 0.178. The molecule has 0 N–H and O–H groups in total. The Morgan fingerprint density at radius 3 is 1.50 bits per heavy atom. The molecule has 3 rings (SSSR count). The van der Waals surface area contributed by atoms with Gasteiger partial charge in [-0.1, -0.05) is 77.8 Å². The van der Waals surface area contributed by atoms with Crippen molar-refractivity contribution in [2.24, 2.45) is 0 Å². The summed E-state index contributed by atoms with van der Waals surface area (Å²) in [5.41, 5.74) is -0.956. The molecule has 0 spiro atoms. The highest BCUT2D eigenvalue weighted by Crippen LogP contribution is 2.68. The maximum Gasteiger partial charge on any atom is 0.482 e. The molecule has 14 heteroatoms. The molecule has 3 aromatic carbocycles. The Morgan fingerprint density at radius 2 is 1.13 bits per heavy atom. The summed E-state index contributed by atoms with van der Waals surface area (Å²) in [6.07, 6.45) is 0. The summed E-state index contributed by atoms with van der Waals surface area (Å²) in [6, 6.07) is 22.6. The Balaban J connectivity index is 2.35. The average molecular weight is 620 g/mol. The lowest BCUT2D eigenvalue weighted by Gasteiger charge is -2.34. The molecule has 0 saturated heterocycles. The van der Waals surface area contributed by atoms with Crippen LogP contribution in [0, 0.1) is 0 Å². The summed E-state index contributed by atoms with van der Waals surface area (Å²) < 4.78 is 78.5. The van der Waals surface area contributed by atoms with Crippen molar-refractivity contribution in [3.05, 3.63) is 101 Å². The molecular formula is C24H25Cl2NO8P2S. The van der Waals surface area contributed by atoms with Gasteiger partial charge in [-0.3, -0.25) is 9.05 Å². The SMILES string of the molecule is CCOP(=O)(OCC)N(C(=C(Cl)Cl)P(=O)(Oc1ccccc1)Oc1ccccc1)S(=O)(=O)c1ccccc1. The second kappa shape index (κ2) is 13.2. The number of halogens is 2. The topological polar surface area (TPSA) is 108 Å². The third-order valence-corrected chi connectivity index (χ3v) is 11.9. The number of nitrogens with zero attached hydrogens (tertiary/aromatic N) is 1. The molecule has 3 aromatic rings. The van der Waals surface area contributed by atoms with Crippen LogP contribution in [0.1, 0.15) is 13.8 Å². The van der Waals surface area contributed by atoms with Crippen LogP contribution in [-0.4, -0.2) is 25.7 Å². The molecule has 0 aromatic heterocycles. The van der Waals surface area contributed by atoms with Crippen molar-refractivity contribution in [3.63, 3.8) is 0 Å². The molecule has 0 atom stereocenters. The summed E-state index contributed by atoms with van der Waals surface area (Å²) in [5, 5.41) is 0. The zero-order chi connectivity index (χ0) is 27.8. The van der Waals surface area contributed by atoms with Gasteiger partial charge in [-0.05, 0) is 50.2 Å². The van der Waals surface area contributed by atoms with Crippen molar-refractivity contribution in [2.45, 2.75) is 18.7 Å². The second-order valence-corrected chi connectivity index (χ2v) is 13.9. The third-order valence-electron chi connectivity index (χ3n) is 4.62. The first-order valence-corrected chi connectivity index (χ1v) is 16.5. The standard InChI is InChI=1S/C24H25Cl2NO8P2S/c1-3-32-37(29,33-4-2)27(38(30,31)22-18-12-7-13-19-22)24(23(25)26)36(28,34-20-14-8-5-9-15-20)35-21-16-10-6-11-17-21/h5-19H,3-4H2,1-2H3. The van der Waals surface area contributed by atoms with Crippen LogP contribution in [0.25, 0.3) is 0 Å². The van der Waals surface area contributed by atoms with E-state index in [1.807, 2.05) is 0 Å². The fourth-order valence-corrected chi connectivity index (χ4v) is 10.8. The highest BCUT2D eigenvalue weighted by molar-refractivity contribution is 7.95. The molecule has 0 aliphatic heterocycles. The first kappa shape index (κ1) is 30.3. The molecule has 38 heavy (non-hydrogen) atoms. The van der Waals surface area contributed by atoms with Gasteiger partial charge in [0.25, 0.3) is 10.0 Å². The van der Waals surface area contributed by atoms with Gasteiger partial charge in [-0.15, -0.1) is 0 Å². The van der Waals surface area contributed by atoms with E-state index < -0.39 is 35.3 Å². The van der Waals surface area contributed by atoms with E-state index in [2.05, 4.69) is 0 Å². The molecule has 9 nitrogen and oxygen atoms in total. The minimum atomic E-state index is -4.92. The lowest BCUT2D eigenvalue weighted by molar-refractivity contribution is 0.197. The first-order valence-electron chi connectivity index (χ1n) is 11.2. The Labute approximate surface area is 232 Å². The minimum Gasteiger partial charge on any atom is -0.412 e. The van der Waals surface area contributed by atoms with Gasteiger partial charge < -0.3 is 9.05 Å². The van der Waals surface area contributed by atoms with Gasteiger partial charge in [-0.25, -0.2) is 17.5 Å². The molecule has 0 radical (unpaired) electrons. The lowest BCUT2D eigenvalue weighted by atomic mass is 10.3. The number of benzene rings is 3. The molecular weight excluding hydrogens is 595 g/mol. The lowest BCUT2D eigenvalue weighted by Crippen LogP contribution is -2.31. The summed E-state index contributed by atoms with van der Waals surface area (Å²) >= 11 is 12.5. The van der Waals surface area contributed by atoms with E-state index >= 15 is 0 Å². The van der Waals surface area contributed by atoms with E-state index in [9.17, 15) is 17.5 Å². The highest BCUT2D eigenvalue weighted by Gasteiger charge is 2.54. The van der Waals surface area contributed by atoms with E-state index in [4.69, 9.17) is 41.3 Å². The molecule has 0 unspecified atom stereocenters.